The Morgan fingerprint density at radius 2 is 1.76 bits per heavy atom. The third-order valence-corrected chi connectivity index (χ3v) is 5.90. The van der Waals surface area contributed by atoms with Crippen molar-refractivity contribution in [2.75, 3.05) is 34.8 Å². The molecule has 0 radical (unpaired) electrons. The van der Waals surface area contributed by atoms with Crippen molar-refractivity contribution in [3.05, 3.63) is 83.0 Å². The average Bonchev–Trinajstić information content (AvgIpc) is 2.79. The highest BCUT2D eigenvalue weighted by Crippen LogP contribution is 2.27. The van der Waals surface area contributed by atoms with E-state index >= 15 is 0 Å². The number of carbonyl (C=O) groups excluding carboxylic acids is 1. The van der Waals surface area contributed by atoms with Gasteiger partial charge >= 0.3 is 5.97 Å². The molecule has 2 heterocycles. The topological polar surface area (TPSA) is 85.8 Å². The van der Waals surface area contributed by atoms with Crippen molar-refractivity contribution in [2.24, 2.45) is 0 Å². The van der Waals surface area contributed by atoms with E-state index in [9.17, 15) is 14.7 Å². The van der Waals surface area contributed by atoms with E-state index < -0.39 is 5.97 Å². The lowest BCUT2D eigenvalue weighted by Gasteiger charge is -2.42. The highest BCUT2D eigenvalue weighted by Gasteiger charge is 2.28. The summed E-state index contributed by atoms with van der Waals surface area (Å²) < 4.78 is 0. The van der Waals surface area contributed by atoms with Crippen LogP contribution in [0.3, 0.4) is 0 Å². The summed E-state index contributed by atoms with van der Waals surface area (Å²) in [4.78, 5) is 33.4. The van der Waals surface area contributed by atoms with Crippen LogP contribution >= 0.6 is 0 Å². The number of nitrogens with one attached hydrogen (secondary N) is 1. The average molecular weight is 445 g/mol. The number of piperazine rings is 1. The first kappa shape index (κ1) is 22.3. The summed E-state index contributed by atoms with van der Waals surface area (Å²) in [6.07, 6.45) is 1.52. The highest BCUT2D eigenvalue weighted by atomic mass is 16.4. The van der Waals surface area contributed by atoms with Gasteiger partial charge in [-0.2, -0.15) is 0 Å². The molecular weight excluding hydrogens is 416 g/mol. The van der Waals surface area contributed by atoms with E-state index in [1.54, 1.807) is 12.1 Å². The molecule has 7 nitrogen and oxygen atoms in total. The number of aromatic carboxylic acids is 1. The maximum absolute atomic E-state index is 12.6. The van der Waals surface area contributed by atoms with Gasteiger partial charge in [-0.25, -0.2) is 9.78 Å². The lowest BCUT2D eigenvalue weighted by atomic mass is 10.1. The number of hydrogen-bond acceptors (Lipinski definition) is 5. The van der Waals surface area contributed by atoms with Gasteiger partial charge in [0.05, 0.1) is 11.9 Å². The fourth-order valence-electron chi connectivity index (χ4n) is 4.27. The third kappa shape index (κ3) is 4.98. The Hall–Kier alpha value is -3.87. The number of hydrogen-bond donors (Lipinski definition) is 2. The SMILES string of the molecule is Cc1cccc(C(=O)Nc2cnc(N3CCN(c4cccc(C)c4)[C@@H](C)C3)c(C(=O)O)c2)c1. The first-order valence-corrected chi connectivity index (χ1v) is 11.0. The van der Waals surface area contributed by atoms with E-state index in [4.69, 9.17) is 0 Å². The molecule has 4 rings (SSSR count). The Bertz CT molecular complexity index is 1190. The molecule has 1 aromatic heterocycles. The molecule has 0 saturated carbocycles. The van der Waals surface area contributed by atoms with E-state index in [2.05, 4.69) is 53.3 Å². The molecule has 1 aliphatic heterocycles. The van der Waals surface area contributed by atoms with Crippen LogP contribution in [0.4, 0.5) is 17.2 Å². The lowest BCUT2D eigenvalue weighted by molar-refractivity contribution is 0.0696. The van der Waals surface area contributed by atoms with E-state index in [1.807, 2.05) is 24.0 Å². The van der Waals surface area contributed by atoms with Gasteiger partial charge in [0.25, 0.3) is 5.91 Å². The Balaban J connectivity index is 1.52. The smallest absolute Gasteiger partial charge is 0.339 e. The number of carboxylic acids is 1. The summed E-state index contributed by atoms with van der Waals surface area (Å²) in [5.41, 5.74) is 4.30. The fraction of sp³-hybridized carbons (Fsp3) is 0.269. The number of pyridine rings is 1. The zero-order valence-corrected chi connectivity index (χ0v) is 19.1. The summed E-state index contributed by atoms with van der Waals surface area (Å²) >= 11 is 0. The van der Waals surface area contributed by atoms with Gasteiger partial charge in [0.2, 0.25) is 0 Å². The van der Waals surface area contributed by atoms with Crippen LogP contribution < -0.4 is 15.1 Å². The second-order valence-electron chi connectivity index (χ2n) is 8.55. The van der Waals surface area contributed by atoms with Crippen molar-refractivity contribution >= 4 is 29.1 Å². The van der Waals surface area contributed by atoms with Crippen molar-refractivity contribution in [3.8, 4) is 0 Å². The Morgan fingerprint density at radius 1 is 1.03 bits per heavy atom. The van der Waals surface area contributed by atoms with Gasteiger partial charge in [0.1, 0.15) is 11.4 Å². The van der Waals surface area contributed by atoms with E-state index in [-0.39, 0.29) is 17.5 Å². The summed E-state index contributed by atoms with van der Waals surface area (Å²) in [6, 6.07) is 17.3. The van der Waals surface area contributed by atoms with Gasteiger partial charge in [-0.1, -0.05) is 29.8 Å². The minimum atomic E-state index is -1.07. The molecule has 0 aliphatic carbocycles. The van der Waals surface area contributed by atoms with Crippen LogP contribution in [-0.2, 0) is 0 Å². The maximum Gasteiger partial charge on any atom is 0.339 e. The first-order valence-electron chi connectivity index (χ1n) is 11.0. The van der Waals surface area contributed by atoms with Gasteiger partial charge < -0.3 is 20.2 Å². The van der Waals surface area contributed by atoms with Gasteiger partial charge in [0, 0.05) is 36.9 Å². The van der Waals surface area contributed by atoms with Gasteiger partial charge in [-0.15, -0.1) is 0 Å². The Kier molecular flexibility index (Phi) is 6.31. The molecule has 1 amide bonds. The molecule has 170 valence electrons. The number of aryl methyl sites for hydroxylation is 2. The fourth-order valence-corrected chi connectivity index (χ4v) is 4.27. The van der Waals surface area contributed by atoms with Crippen molar-refractivity contribution in [2.45, 2.75) is 26.8 Å². The summed E-state index contributed by atoms with van der Waals surface area (Å²) in [7, 11) is 0. The van der Waals surface area contributed by atoms with Crippen molar-refractivity contribution < 1.29 is 14.7 Å². The van der Waals surface area contributed by atoms with Gasteiger partial charge in [0.15, 0.2) is 0 Å². The zero-order chi connectivity index (χ0) is 23.5. The van der Waals surface area contributed by atoms with E-state index in [1.165, 1.54) is 23.5 Å². The molecule has 1 atom stereocenters. The maximum atomic E-state index is 12.6. The molecule has 1 saturated heterocycles. The van der Waals surface area contributed by atoms with Crippen molar-refractivity contribution in [1.29, 1.82) is 0 Å². The summed E-state index contributed by atoms with van der Waals surface area (Å²) in [5, 5.41) is 12.6. The lowest BCUT2D eigenvalue weighted by Crippen LogP contribution is -2.52. The number of rotatable bonds is 5. The summed E-state index contributed by atoms with van der Waals surface area (Å²) in [6.45, 7) is 8.18. The zero-order valence-electron chi connectivity index (χ0n) is 19.1. The van der Waals surface area contributed by atoms with E-state index in [0.29, 0.717) is 30.2 Å². The van der Waals surface area contributed by atoms with Crippen molar-refractivity contribution in [1.82, 2.24) is 4.98 Å². The number of carbonyl (C=O) groups is 2. The van der Waals surface area contributed by atoms with Gasteiger partial charge in [-0.3, -0.25) is 4.79 Å². The van der Waals surface area contributed by atoms with Gasteiger partial charge in [-0.05, 0) is 56.7 Å². The molecule has 2 N–H and O–H groups in total. The van der Waals surface area contributed by atoms with Crippen molar-refractivity contribution in [3.63, 3.8) is 0 Å². The monoisotopic (exact) mass is 444 g/mol. The largest absolute Gasteiger partial charge is 0.478 e. The second-order valence-corrected chi connectivity index (χ2v) is 8.55. The standard InChI is InChI=1S/C26H28N4O3/c1-17-6-4-8-20(12-17)25(31)28-21-14-23(26(32)33)24(27-15-21)29-10-11-30(19(3)16-29)22-9-5-7-18(2)13-22/h4-9,12-15,19H,10-11,16H2,1-3H3,(H,28,31)(H,32,33)/t19-/m0/s1. The number of carboxylic acid groups (broad SMARTS) is 1. The molecule has 0 bridgehead atoms. The molecular formula is C26H28N4O3. The first-order chi connectivity index (χ1) is 15.8. The predicted molar refractivity (Wildman–Crippen MR) is 131 cm³/mol. The number of nitrogens with zero attached hydrogens (tertiary/aromatic N) is 3. The number of amides is 1. The summed E-state index contributed by atoms with van der Waals surface area (Å²) in [5.74, 6) is -0.949. The molecule has 2 aromatic carbocycles. The van der Waals surface area contributed by atoms with Crippen LogP contribution in [0.5, 0.6) is 0 Å². The molecule has 1 fully saturated rings. The number of benzene rings is 2. The third-order valence-electron chi connectivity index (χ3n) is 5.90. The van der Waals surface area contributed by atoms with Crippen LogP contribution in [0.2, 0.25) is 0 Å². The Labute approximate surface area is 193 Å². The van der Waals surface area contributed by atoms with Crippen LogP contribution in [0.25, 0.3) is 0 Å². The van der Waals surface area contributed by atoms with Crippen LogP contribution in [0, 0.1) is 13.8 Å². The molecule has 0 unspecified atom stereocenters. The number of anilines is 3. The van der Waals surface area contributed by atoms with Crippen LogP contribution in [0.1, 0.15) is 38.8 Å². The molecule has 0 spiro atoms. The minimum absolute atomic E-state index is 0.0771. The quantitative estimate of drug-likeness (QED) is 0.608. The molecule has 1 aliphatic rings. The number of aromatic nitrogens is 1. The molecule has 7 heteroatoms. The highest BCUT2D eigenvalue weighted by molar-refractivity contribution is 6.05. The van der Waals surface area contributed by atoms with Crippen LogP contribution in [-0.4, -0.2) is 47.6 Å². The molecule has 3 aromatic rings. The minimum Gasteiger partial charge on any atom is -0.478 e. The molecule has 33 heavy (non-hydrogen) atoms. The Morgan fingerprint density at radius 3 is 2.42 bits per heavy atom. The second kappa shape index (κ2) is 9.32. The normalized spacial score (nSPS) is 15.9. The van der Waals surface area contributed by atoms with Crippen LogP contribution in [0.15, 0.2) is 60.8 Å². The van der Waals surface area contributed by atoms with E-state index in [0.717, 1.165) is 12.1 Å². The predicted octanol–water partition coefficient (Wildman–Crippen LogP) is 4.36.